The molecular formula is C14H28N2O. The molecule has 0 aromatic heterocycles. The maximum Gasteiger partial charge on any atom is 0.0480 e. The fourth-order valence-electron chi connectivity index (χ4n) is 2.87. The van der Waals surface area contributed by atoms with Crippen LogP contribution in [0.5, 0.6) is 0 Å². The quantitative estimate of drug-likeness (QED) is 0.744. The molecule has 2 saturated heterocycles. The van der Waals surface area contributed by atoms with Crippen LogP contribution in [-0.4, -0.2) is 50.3 Å². The van der Waals surface area contributed by atoms with Crippen LogP contribution >= 0.6 is 0 Å². The zero-order chi connectivity index (χ0) is 11.8. The maximum atomic E-state index is 5.37. The Labute approximate surface area is 106 Å². The van der Waals surface area contributed by atoms with Crippen LogP contribution in [0.3, 0.4) is 0 Å². The van der Waals surface area contributed by atoms with E-state index in [2.05, 4.69) is 10.2 Å². The van der Waals surface area contributed by atoms with Crippen molar-refractivity contribution in [3.8, 4) is 0 Å². The number of rotatable bonds is 5. The second kappa shape index (κ2) is 8.06. The van der Waals surface area contributed by atoms with E-state index < -0.39 is 0 Å². The number of nitrogens with one attached hydrogen (secondary N) is 1. The van der Waals surface area contributed by atoms with Crippen LogP contribution in [0.1, 0.15) is 44.9 Å². The molecule has 2 rings (SSSR count). The molecule has 2 fully saturated rings. The zero-order valence-corrected chi connectivity index (χ0v) is 11.1. The van der Waals surface area contributed by atoms with Gasteiger partial charge in [0.05, 0.1) is 0 Å². The van der Waals surface area contributed by atoms with Gasteiger partial charge in [-0.1, -0.05) is 12.8 Å². The normalized spacial score (nSPS) is 24.7. The first kappa shape index (κ1) is 13.3. The van der Waals surface area contributed by atoms with Crippen molar-refractivity contribution in [2.45, 2.75) is 51.0 Å². The van der Waals surface area contributed by atoms with Crippen molar-refractivity contribution >= 4 is 0 Å². The lowest BCUT2D eigenvalue weighted by atomic mass is 10.1. The summed E-state index contributed by atoms with van der Waals surface area (Å²) in [7, 11) is 0. The molecule has 2 heterocycles. The van der Waals surface area contributed by atoms with Crippen LogP contribution in [0, 0.1) is 0 Å². The van der Waals surface area contributed by atoms with E-state index in [1.807, 2.05) is 0 Å². The summed E-state index contributed by atoms with van der Waals surface area (Å²) in [6.07, 6.45) is 9.40. The Kier molecular flexibility index (Phi) is 6.32. The molecular weight excluding hydrogens is 212 g/mol. The minimum atomic E-state index is 0.716. The van der Waals surface area contributed by atoms with Gasteiger partial charge in [-0.05, 0) is 58.3 Å². The summed E-state index contributed by atoms with van der Waals surface area (Å²) in [5, 5.41) is 3.67. The summed E-state index contributed by atoms with van der Waals surface area (Å²) in [5.74, 6) is 0. The maximum absolute atomic E-state index is 5.37. The Morgan fingerprint density at radius 3 is 2.41 bits per heavy atom. The second-order valence-electron chi connectivity index (χ2n) is 5.45. The van der Waals surface area contributed by atoms with Crippen molar-refractivity contribution in [2.24, 2.45) is 0 Å². The Hall–Kier alpha value is -0.120. The van der Waals surface area contributed by atoms with E-state index in [1.54, 1.807) is 0 Å². The summed E-state index contributed by atoms with van der Waals surface area (Å²) in [5.41, 5.74) is 0. The SMILES string of the molecule is C1CCCN(CCCNC2CCOCC2)CC1. The molecule has 0 atom stereocenters. The fraction of sp³-hybridized carbons (Fsp3) is 1.00. The summed E-state index contributed by atoms with van der Waals surface area (Å²) in [4.78, 5) is 2.65. The van der Waals surface area contributed by atoms with Crippen LogP contribution in [0.25, 0.3) is 0 Å². The highest BCUT2D eigenvalue weighted by Crippen LogP contribution is 2.10. The highest BCUT2D eigenvalue weighted by atomic mass is 16.5. The number of hydrogen-bond donors (Lipinski definition) is 1. The minimum Gasteiger partial charge on any atom is -0.381 e. The van der Waals surface area contributed by atoms with E-state index in [0.29, 0.717) is 6.04 Å². The molecule has 0 radical (unpaired) electrons. The lowest BCUT2D eigenvalue weighted by molar-refractivity contribution is 0.0778. The van der Waals surface area contributed by atoms with Gasteiger partial charge in [-0.3, -0.25) is 0 Å². The van der Waals surface area contributed by atoms with E-state index in [9.17, 15) is 0 Å². The van der Waals surface area contributed by atoms with E-state index in [0.717, 1.165) is 13.2 Å². The second-order valence-corrected chi connectivity index (χ2v) is 5.45. The standard InChI is InChI=1S/C14H28N2O/c1-2-4-10-16(9-3-1)11-5-8-15-14-6-12-17-13-7-14/h14-15H,1-13H2. The monoisotopic (exact) mass is 240 g/mol. The Morgan fingerprint density at radius 1 is 1.00 bits per heavy atom. The summed E-state index contributed by atoms with van der Waals surface area (Å²) < 4.78 is 5.37. The molecule has 17 heavy (non-hydrogen) atoms. The van der Waals surface area contributed by atoms with Gasteiger partial charge in [0.15, 0.2) is 0 Å². The first-order chi connectivity index (χ1) is 8.45. The molecule has 0 aromatic rings. The fourth-order valence-corrected chi connectivity index (χ4v) is 2.87. The van der Waals surface area contributed by atoms with Gasteiger partial charge in [-0.25, -0.2) is 0 Å². The highest BCUT2D eigenvalue weighted by Gasteiger charge is 2.13. The summed E-state index contributed by atoms with van der Waals surface area (Å²) in [6, 6.07) is 0.716. The van der Waals surface area contributed by atoms with Crippen molar-refractivity contribution in [3.63, 3.8) is 0 Å². The lowest BCUT2D eigenvalue weighted by Crippen LogP contribution is -2.36. The summed E-state index contributed by atoms with van der Waals surface area (Å²) >= 11 is 0. The van der Waals surface area contributed by atoms with E-state index >= 15 is 0 Å². The molecule has 0 aromatic carbocycles. The van der Waals surface area contributed by atoms with Gasteiger partial charge >= 0.3 is 0 Å². The molecule has 0 amide bonds. The van der Waals surface area contributed by atoms with Crippen LogP contribution in [0.2, 0.25) is 0 Å². The molecule has 0 unspecified atom stereocenters. The zero-order valence-electron chi connectivity index (χ0n) is 11.1. The summed E-state index contributed by atoms with van der Waals surface area (Å²) in [6.45, 7) is 7.03. The molecule has 0 saturated carbocycles. The predicted molar refractivity (Wildman–Crippen MR) is 71.4 cm³/mol. The van der Waals surface area contributed by atoms with Crippen molar-refractivity contribution in [1.29, 1.82) is 0 Å². The topological polar surface area (TPSA) is 24.5 Å². The van der Waals surface area contributed by atoms with Crippen molar-refractivity contribution in [2.75, 3.05) is 39.4 Å². The van der Waals surface area contributed by atoms with Crippen LogP contribution in [0.15, 0.2) is 0 Å². The first-order valence-electron chi connectivity index (χ1n) is 7.48. The van der Waals surface area contributed by atoms with Crippen molar-refractivity contribution in [1.82, 2.24) is 10.2 Å². The van der Waals surface area contributed by atoms with Crippen molar-refractivity contribution in [3.05, 3.63) is 0 Å². The molecule has 3 heteroatoms. The average molecular weight is 240 g/mol. The van der Waals surface area contributed by atoms with Gasteiger partial charge in [-0.15, -0.1) is 0 Å². The first-order valence-corrected chi connectivity index (χ1v) is 7.48. The van der Waals surface area contributed by atoms with Crippen molar-refractivity contribution < 1.29 is 4.74 Å². The average Bonchev–Trinajstić information content (AvgIpc) is 2.65. The smallest absolute Gasteiger partial charge is 0.0480 e. The van der Waals surface area contributed by atoms with Gasteiger partial charge in [0.1, 0.15) is 0 Å². The lowest BCUT2D eigenvalue weighted by Gasteiger charge is -2.24. The Balaban J connectivity index is 1.49. The molecule has 2 aliphatic rings. The molecule has 2 aliphatic heterocycles. The van der Waals surface area contributed by atoms with Crippen LogP contribution in [0.4, 0.5) is 0 Å². The number of hydrogen-bond acceptors (Lipinski definition) is 3. The molecule has 3 nitrogen and oxygen atoms in total. The number of likely N-dealkylation sites (tertiary alicyclic amines) is 1. The highest BCUT2D eigenvalue weighted by molar-refractivity contribution is 4.70. The molecule has 0 aliphatic carbocycles. The molecule has 0 bridgehead atoms. The van der Waals surface area contributed by atoms with Gasteiger partial charge in [0.2, 0.25) is 0 Å². The third-order valence-electron chi connectivity index (χ3n) is 4.00. The van der Waals surface area contributed by atoms with Gasteiger partial charge in [-0.2, -0.15) is 0 Å². The Morgan fingerprint density at radius 2 is 1.71 bits per heavy atom. The van der Waals surface area contributed by atoms with Gasteiger partial charge in [0, 0.05) is 19.3 Å². The molecule has 100 valence electrons. The molecule has 1 N–H and O–H groups in total. The third kappa shape index (κ3) is 5.36. The van der Waals surface area contributed by atoms with E-state index in [1.165, 1.54) is 71.1 Å². The van der Waals surface area contributed by atoms with Gasteiger partial charge in [0.25, 0.3) is 0 Å². The van der Waals surface area contributed by atoms with E-state index in [-0.39, 0.29) is 0 Å². The number of ether oxygens (including phenoxy) is 1. The van der Waals surface area contributed by atoms with Gasteiger partial charge < -0.3 is 15.0 Å². The molecule has 0 spiro atoms. The third-order valence-corrected chi connectivity index (χ3v) is 4.00. The number of nitrogens with zero attached hydrogens (tertiary/aromatic N) is 1. The predicted octanol–water partition coefficient (Wildman–Crippen LogP) is 2.02. The minimum absolute atomic E-state index is 0.716. The van der Waals surface area contributed by atoms with Crippen LogP contribution in [-0.2, 0) is 4.74 Å². The van der Waals surface area contributed by atoms with Crippen LogP contribution < -0.4 is 5.32 Å². The largest absolute Gasteiger partial charge is 0.381 e. The van der Waals surface area contributed by atoms with E-state index in [4.69, 9.17) is 4.74 Å². The Bertz CT molecular complexity index is 185.